The van der Waals surface area contributed by atoms with Crippen molar-refractivity contribution in [2.24, 2.45) is 0 Å². The third kappa shape index (κ3) is 4.46. The highest BCUT2D eigenvalue weighted by atomic mass is 79.9. The van der Waals surface area contributed by atoms with Crippen LogP contribution in [0.1, 0.15) is 27.7 Å². The first-order valence-corrected chi connectivity index (χ1v) is 10.4. The molecule has 1 unspecified atom stereocenters. The number of methoxy groups -OCH3 is 1. The number of pyridine rings is 2. The van der Waals surface area contributed by atoms with E-state index >= 15 is 0 Å². The van der Waals surface area contributed by atoms with Gasteiger partial charge in [-0.05, 0) is 52.3 Å². The number of carbonyl (C=O) groups excluding carboxylic acids is 2. The summed E-state index contributed by atoms with van der Waals surface area (Å²) >= 11 is 3.26. The van der Waals surface area contributed by atoms with Gasteiger partial charge < -0.3 is 19.7 Å². The predicted molar refractivity (Wildman–Crippen MR) is 116 cm³/mol. The van der Waals surface area contributed by atoms with Crippen molar-refractivity contribution in [3.8, 4) is 5.75 Å². The second kappa shape index (κ2) is 9.41. The number of benzene rings is 1. The van der Waals surface area contributed by atoms with Crippen molar-refractivity contribution in [3.63, 3.8) is 0 Å². The van der Waals surface area contributed by atoms with Crippen LogP contribution in [0, 0.1) is 5.82 Å². The van der Waals surface area contributed by atoms with Crippen LogP contribution in [0.2, 0.25) is 0 Å². The molecular weight excluding hydrogens is 483 g/mol. The van der Waals surface area contributed by atoms with Gasteiger partial charge in [0.2, 0.25) is 0 Å². The molecule has 1 aliphatic rings. The average Bonchev–Trinajstić information content (AvgIpc) is 3.09. The molecule has 0 fully saturated rings. The molecule has 8 nitrogen and oxygen atoms in total. The Morgan fingerprint density at radius 2 is 2.12 bits per heavy atom. The number of nitrogens with zero attached hydrogens (tertiary/aromatic N) is 3. The Bertz CT molecular complexity index is 1160. The minimum absolute atomic E-state index is 0.115. The summed E-state index contributed by atoms with van der Waals surface area (Å²) in [4.78, 5) is 36.3. The Labute approximate surface area is 191 Å². The van der Waals surface area contributed by atoms with Crippen LogP contribution in [0.15, 0.2) is 59.3 Å². The zero-order valence-electron chi connectivity index (χ0n) is 16.9. The van der Waals surface area contributed by atoms with Crippen LogP contribution in [-0.2, 0) is 16.1 Å². The molecule has 3 heterocycles. The van der Waals surface area contributed by atoms with Crippen LogP contribution in [0.4, 0.5) is 10.2 Å². The van der Waals surface area contributed by atoms with Crippen molar-refractivity contribution in [3.05, 3.63) is 82.0 Å². The molecule has 32 heavy (non-hydrogen) atoms. The quantitative estimate of drug-likeness (QED) is 0.392. The van der Waals surface area contributed by atoms with Crippen LogP contribution in [0.3, 0.4) is 0 Å². The molecule has 1 aliphatic heterocycles. The van der Waals surface area contributed by atoms with Gasteiger partial charge in [-0.2, -0.15) is 0 Å². The number of nitrogens with one attached hydrogen (secondary N) is 1. The molecule has 1 aromatic carbocycles. The van der Waals surface area contributed by atoms with E-state index in [2.05, 4.69) is 31.2 Å². The van der Waals surface area contributed by atoms with E-state index in [0.29, 0.717) is 16.0 Å². The summed E-state index contributed by atoms with van der Waals surface area (Å²) in [6, 6.07) is 11.1. The summed E-state index contributed by atoms with van der Waals surface area (Å²) in [6.07, 6.45) is 1.53. The monoisotopic (exact) mass is 500 g/mol. The second-order valence-electron chi connectivity index (χ2n) is 6.91. The van der Waals surface area contributed by atoms with Gasteiger partial charge in [0, 0.05) is 31.0 Å². The number of anilines is 1. The summed E-state index contributed by atoms with van der Waals surface area (Å²) in [5.41, 5.74) is 1.06. The fraction of sp³-hybridized carbons (Fsp3) is 0.182. The Morgan fingerprint density at radius 1 is 1.28 bits per heavy atom. The van der Waals surface area contributed by atoms with Crippen LogP contribution in [-0.4, -0.2) is 40.6 Å². The normalized spacial score (nSPS) is 13.6. The first kappa shape index (κ1) is 21.8. The molecule has 10 heteroatoms. The van der Waals surface area contributed by atoms with Crippen molar-refractivity contribution in [2.45, 2.75) is 12.6 Å². The van der Waals surface area contributed by atoms with Gasteiger partial charge in [-0.25, -0.2) is 14.4 Å². The zero-order valence-corrected chi connectivity index (χ0v) is 18.5. The molecular formula is C22H18BrFN4O4. The molecule has 0 spiro atoms. The van der Waals surface area contributed by atoms with E-state index in [4.69, 9.17) is 9.47 Å². The van der Waals surface area contributed by atoms with Gasteiger partial charge in [-0.15, -0.1) is 0 Å². The molecule has 2 aromatic heterocycles. The largest absolute Gasteiger partial charge is 0.467 e. The predicted octanol–water partition coefficient (Wildman–Crippen LogP) is 3.70. The van der Waals surface area contributed by atoms with Crippen LogP contribution >= 0.6 is 15.9 Å². The molecule has 0 aliphatic carbocycles. The van der Waals surface area contributed by atoms with E-state index in [1.165, 1.54) is 36.4 Å². The van der Waals surface area contributed by atoms with Crippen molar-refractivity contribution in [2.75, 3.05) is 19.2 Å². The second-order valence-corrected chi connectivity index (χ2v) is 7.73. The molecule has 164 valence electrons. The summed E-state index contributed by atoms with van der Waals surface area (Å²) in [5.74, 6) is -1.10. The lowest BCUT2D eigenvalue weighted by molar-refractivity contribution is -0.121. The van der Waals surface area contributed by atoms with E-state index in [1.807, 2.05) is 0 Å². The summed E-state index contributed by atoms with van der Waals surface area (Å²) in [6.45, 7) is 0.00483. The van der Waals surface area contributed by atoms with Crippen molar-refractivity contribution in [1.82, 2.24) is 14.9 Å². The number of fused-ring (bicyclic) bond motifs is 1. The lowest BCUT2D eigenvalue weighted by Gasteiger charge is -2.28. The topological polar surface area (TPSA) is 93.7 Å². The number of hydrogen-bond acceptors (Lipinski definition) is 6. The molecule has 2 amide bonds. The third-order valence-electron chi connectivity index (χ3n) is 4.82. The lowest BCUT2D eigenvalue weighted by atomic mass is 10.0. The average molecular weight is 501 g/mol. The fourth-order valence-corrected chi connectivity index (χ4v) is 3.76. The fourth-order valence-electron chi connectivity index (χ4n) is 3.45. The SMILES string of the molecule is COCOc1ccc(F)cc1C(C(=O)Nc1ccccn1)N1Cc2ccc(Br)nc2C1=O. The number of carbonyl (C=O) groups is 2. The maximum atomic E-state index is 14.3. The summed E-state index contributed by atoms with van der Waals surface area (Å²) in [7, 11) is 1.44. The number of hydrogen-bond donors (Lipinski definition) is 1. The molecule has 3 aromatic rings. The van der Waals surface area contributed by atoms with E-state index in [1.54, 1.807) is 30.3 Å². The Morgan fingerprint density at radius 3 is 2.88 bits per heavy atom. The van der Waals surface area contributed by atoms with Gasteiger partial charge in [0.05, 0.1) is 0 Å². The number of halogens is 2. The Balaban J connectivity index is 1.77. The number of rotatable bonds is 7. The van der Waals surface area contributed by atoms with E-state index in [0.717, 1.165) is 0 Å². The molecule has 1 N–H and O–H groups in total. The maximum Gasteiger partial charge on any atom is 0.274 e. The molecule has 0 radical (unpaired) electrons. The van der Waals surface area contributed by atoms with E-state index in [-0.39, 0.29) is 30.3 Å². The Hall–Kier alpha value is -3.37. The number of ether oxygens (including phenoxy) is 2. The van der Waals surface area contributed by atoms with Crippen molar-refractivity contribution < 1.29 is 23.5 Å². The van der Waals surface area contributed by atoms with E-state index in [9.17, 15) is 14.0 Å². The van der Waals surface area contributed by atoms with Gasteiger partial charge in [0.25, 0.3) is 11.8 Å². The van der Waals surface area contributed by atoms with Crippen molar-refractivity contribution >= 4 is 33.6 Å². The first-order chi connectivity index (χ1) is 15.5. The highest BCUT2D eigenvalue weighted by Gasteiger charge is 2.40. The summed E-state index contributed by atoms with van der Waals surface area (Å²) in [5, 5.41) is 2.70. The summed E-state index contributed by atoms with van der Waals surface area (Å²) < 4.78 is 25.3. The van der Waals surface area contributed by atoms with Gasteiger partial charge in [0.15, 0.2) is 6.79 Å². The minimum Gasteiger partial charge on any atom is -0.467 e. The van der Waals surface area contributed by atoms with Crippen molar-refractivity contribution in [1.29, 1.82) is 0 Å². The molecule has 0 saturated carbocycles. The van der Waals surface area contributed by atoms with Gasteiger partial charge in [-0.1, -0.05) is 12.1 Å². The van der Waals surface area contributed by atoms with E-state index < -0.39 is 23.7 Å². The van der Waals surface area contributed by atoms with Gasteiger partial charge >= 0.3 is 0 Å². The standard InChI is InChI=1S/C22H18BrFN4O4/c1-31-12-32-16-7-6-14(24)10-15(16)20(21(29)27-18-4-2-3-9-25-18)28-11-13-5-8-17(23)26-19(13)22(28)30/h2-10,20H,11-12H2,1H3,(H,25,27,29). The third-order valence-corrected chi connectivity index (χ3v) is 5.27. The number of amides is 2. The molecule has 1 atom stereocenters. The first-order valence-electron chi connectivity index (χ1n) is 9.57. The smallest absolute Gasteiger partial charge is 0.274 e. The molecule has 0 bridgehead atoms. The zero-order chi connectivity index (χ0) is 22.7. The molecule has 4 rings (SSSR count). The highest BCUT2D eigenvalue weighted by Crippen LogP contribution is 2.36. The highest BCUT2D eigenvalue weighted by molar-refractivity contribution is 9.10. The lowest BCUT2D eigenvalue weighted by Crippen LogP contribution is -2.38. The van der Waals surface area contributed by atoms with Crippen LogP contribution < -0.4 is 10.1 Å². The van der Waals surface area contributed by atoms with Gasteiger partial charge in [0.1, 0.15) is 33.7 Å². The number of aromatic nitrogens is 2. The minimum atomic E-state index is -1.21. The molecule has 0 saturated heterocycles. The van der Waals surface area contributed by atoms with Crippen LogP contribution in [0.5, 0.6) is 5.75 Å². The van der Waals surface area contributed by atoms with Gasteiger partial charge in [-0.3, -0.25) is 9.59 Å². The maximum absolute atomic E-state index is 14.3. The van der Waals surface area contributed by atoms with Crippen LogP contribution in [0.25, 0.3) is 0 Å². The Kier molecular flexibility index (Phi) is 6.42.